The summed E-state index contributed by atoms with van der Waals surface area (Å²) in [5.74, 6) is -0.0661. The lowest BCUT2D eigenvalue weighted by molar-refractivity contribution is -0.127. The molecule has 1 aliphatic heterocycles. The molecule has 2 atom stereocenters. The molecule has 2 heterocycles. The van der Waals surface area contributed by atoms with E-state index in [2.05, 4.69) is 24.1 Å². The molecular weight excluding hydrogens is 427 g/mol. The van der Waals surface area contributed by atoms with Crippen LogP contribution >= 0.6 is 11.3 Å². The summed E-state index contributed by atoms with van der Waals surface area (Å²) in [5.41, 5.74) is 6.61. The molecule has 1 saturated heterocycles. The summed E-state index contributed by atoms with van der Waals surface area (Å²) in [7, 11) is 0. The second kappa shape index (κ2) is 11.5. The standard InChI is InChI=1S/C24H33FN4O2S/c1-17(2)15-28(16-18-5-7-19(25)8-6-18)20-9-12-29(24(31)22-4-3-13-32-22)21(14-20)23(30)27-11-10-26/h3-8,13,17,20-21H,9-12,14-16,26H2,1-2H3,(H,27,30)/t20?,21-/m1/s1. The van der Waals surface area contributed by atoms with E-state index in [0.29, 0.717) is 43.4 Å². The number of halogens is 1. The van der Waals surface area contributed by atoms with Crippen LogP contribution in [0, 0.1) is 11.7 Å². The van der Waals surface area contributed by atoms with Crippen molar-refractivity contribution in [3.8, 4) is 0 Å². The van der Waals surface area contributed by atoms with Gasteiger partial charge in [-0.1, -0.05) is 32.0 Å². The normalized spacial score (nSPS) is 18.9. The summed E-state index contributed by atoms with van der Waals surface area (Å²) in [4.78, 5) is 30.8. The average Bonchev–Trinajstić information content (AvgIpc) is 3.32. The van der Waals surface area contributed by atoms with Crippen LogP contribution in [0.2, 0.25) is 0 Å². The van der Waals surface area contributed by atoms with Gasteiger partial charge in [0.1, 0.15) is 11.9 Å². The van der Waals surface area contributed by atoms with Crippen LogP contribution < -0.4 is 11.1 Å². The first-order chi connectivity index (χ1) is 15.4. The summed E-state index contributed by atoms with van der Waals surface area (Å²) in [5, 5.41) is 4.75. The van der Waals surface area contributed by atoms with Gasteiger partial charge in [-0.05, 0) is 47.9 Å². The van der Waals surface area contributed by atoms with Gasteiger partial charge in [-0.2, -0.15) is 0 Å². The van der Waals surface area contributed by atoms with E-state index in [4.69, 9.17) is 5.73 Å². The second-order valence-electron chi connectivity index (χ2n) is 8.70. The SMILES string of the molecule is CC(C)CN(Cc1ccc(F)cc1)C1CCN(C(=O)c2cccs2)[C@@H](C(=O)NCCN)C1. The molecule has 0 bridgehead atoms. The maximum absolute atomic E-state index is 13.4. The van der Waals surface area contributed by atoms with Crippen LogP contribution in [0.25, 0.3) is 0 Å². The number of nitrogens with two attached hydrogens (primary N) is 1. The lowest BCUT2D eigenvalue weighted by Crippen LogP contribution is -2.57. The molecule has 1 unspecified atom stereocenters. The van der Waals surface area contributed by atoms with Gasteiger partial charge in [0.05, 0.1) is 4.88 Å². The Hall–Kier alpha value is -2.29. The smallest absolute Gasteiger partial charge is 0.264 e. The van der Waals surface area contributed by atoms with Crippen molar-refractivity contribution < 1.29 is 14.0 Å². The molecule has 1 fully saturated rings. The van der Waals surface area contributed by atoms with E-state index in [-0.39, 0.29) is 23.7 Å². The number of rotatable bonds is 9. The number of amides is 2. The summed E-state index contributed by atoms with van der Waals surface area (Å²) in [6, 6.07) is 9.82. The summed E-state index contributed by atoms with van der Waals surface area (Å²) in [6.45, 7) is 7.12. The van der Waals surface area contributed by atoms with E-state index >= 15 is 0 Å². The van der Waals surface area contributed by atoms with E-state index in [0.717, 1.165) is 18.5 Å². The molecule has 174 valence electrons. The Morgan fingerprint density at radius 3 is 2.66 bits per heavy atom. The third kappa shape index (κ3) is 6.37. The minimum Gasteiger partial charge on any atom is -0.353 e. The minimum absolute atomic E-state index is 0.0970. The third-order valence-electron chi connectivity index (χ3n) is 5.73. The van der Waals surface area contributed by atoms with Gasteiger partial charge in [0.2, 0.25) is 5.91 Å². The Morgan fingerprint density at radius 2 is 2.03 bits per heavy atom. The number of likely N-dealkylation sites (tertiary alicyclic amines) is 1. The number of thiophene rings is 1. The lowest BCUT2D eigenvalue weighted by Gasteiger charge is -2.43. The van der Waals surface area contributed by atoms with Crippen molar-refractivity contribution in [2.75, 3.05) is 26.2 Å². The summed E-state index contributed by atoms with van der Waals surface area (Å²) >= 11 is 1.39. The van der Waals surface area contributed by atoms with Crippen molar-refractivity contribution >= 4 is 23.2 Å². The fraction of sp³-hybridized carbons (Fsp3) is 0.500. The molecule has 0 aliphatic carbocycles. The molecule has 2 amide bonds. The number of carbonyl (C=O) groups excluding carboxylic acids is 2. The average molecular weight is 461 g/mol. The lowest BCUT2D eigenvalue weighted by atomic mass is 9.93. The quantitative estimate of drug-likeness (QED) is 0.603. The highest BCUT2D eigenvalue weighted by Gasteiger charge is 2.38. The van der Waals surface area contributed by atoms with Crippen LogP contribution in [0.4, 0.5) is 4.39 Å². The summed E-state index contributed by atoms with van der Waals surface area (Å²) in [6.07, 6.45) is 1.34. The number of hydrogen-bond acceptors (Lipinski definition) is 5. The highest BCUT2D eigenvalue weighted by atomic mass is 32.1. The second-order valence-corrected chi connectivity index (χ2v) is 9.65. The van der Waals surface area contributed by atoms with Crippen LogP contribution in [-0.2, 0) is 11.3 Å². The van der Waals surface area contributed by atoms with Gasteiger partial charge in [-0.15, -0.1) is 11.3 Å². The van der Waals surface area contributed by atoms with E-state index in [1.54, 1.807) is 11.0 Å². The number of piperidine rings is 1. The van der Waals surface area contributed by atoms with Crippen molar-refractivity contribution in [1.82, 2.24) is 15.1 Å². The van der Waals surface area contributed by atoms with Crippen LogP contribution in [0.3, 0.4) is 0 Å². The highest BCUT2D eigenvalue weighted by Crippen LogP contribution is 2.27. The number of benzene rings is 1. The predicted molar refractivity (Wildman–Crippen MR) is 126 cm³/mol. The fourth-order valence-electron chi connectivity index (χ4n) is 4.26. The molecule has 3 rings (SSSR count). The molecule has 2 aromatic rings. The zero-order valence-electron chi connectivity index (χ0n) is 18.8. The zero-order chi connectivity index (χ0) is 23.1. The molecule has 1 aliphatic rings. The number of carbonyl (C=O) groups is 2. The van der Waals surface area contributed by atoms with Gasteiger partial charge in [0, 0.05) is 38.8 Å². The maximum atomic E-state index is 13.4. The molecule has 1 aromatic carbocycles. The maximum Gasteiger partial charge on any atom is 0.264 e. The van der Waals surface area contributed by atoms with Crippen LogP contribution in [0.5, 0.6) is 0 Å². The van der Waals surface area contributed by atoms with Crippen molar-refractivity contribution in [2.45, 2.75) is 45.3 Å². The molecule has 6 nitrogen and oxygen atoms in total. The van der Waals surface area contributed by atoms with Crippen molar-refractivity contribution in [3.05, 3.63) is 58.0 Å². The van der Waals surface area contributed by atoms with Gasteiger partial charge in [-0.25, -0.2) is 4.39 Å². The third-order valence-corrected chi connectivity index (χ3v) is 6.59. The molecule has 1 aromatic heterocycles. The van der Waals surface area contributed by atoms with Gasteiger partial charge in [-0.3, -0.25) is 14.5 Å². The van der Waals surface area contributed by atoms with Crippen LogP contribution in [-0.4, -0.2) is 59.9 Å². The van der Waals surface area contributed by atoms with Crippen LogP contribution in [0.15, 0.2) is 41.8 Å². The van der Waals surface area contributed by atoms with Crippen molar-refractivity contribution in [1.29, 1.82) is 0 Å². The number of nitrogens with one attached hydrogen (secondary N) is 1. The number of nitrogens with zero attached hydrogens (tertiary/aromatic N) is 2. The number of hydrogen-bond donors (Lipinski definition) is 2. The monoisotopic (exact) mass is 460 g/mol. The van der Waals surface area contributed by atoms with Crippen molar-refractivity contribution in [2.24, 2.45) is 11.7 Å². The molecular formula is C24H33FN4O2S. The first-order valence-corrected chi connectivity index (χ1v) is 12.1. The van der Waals surface area contributed by atoms with Crippen molar-refractivity contribution in [3.63, 3.8) is 0 Å². The minimum atomic E-state index is -0.544. The first kappa shape index (κ1) is 24.4. The van der Waals surface area contributed by atoms with E-state index in [1.807, 2.05) is 23.6 Å². The Labute approximate surface area is 193 Å². The molecule has 0 radical (unpaired) electrons. The van der Waals surface area contributed by atoms with Gasteiger partial charge < -0.3 is 16.0 Å². The predicted octanol–water partition coefficient (Wildman–Crippen LogP) is 3.09. The Bertz CT molecular complexity index is 873. The molecule has 0 spiro atoms. The Kier molecular flexibility index (Phi) is 8.78. The van der Waals surface area contributed by atoms with Crippen LogP contribution in [0.1, 0.15) is 41.9 Å². The van der Waals surface area contributed by atoms with E-state index < -0.39 is 6.04 Å². The zero-order valence-corrected chi connectivity index (χ0v) is 19.6. The van der Waals surface area contributed by atoms with E-state index in [1.165, 1.54) is 23.5 Å². The largest absolute Gasteiger partial charge is 0.353 e. The molecule has 0 saturated carbocycles. The van der Waals surface area contributed by atoms with Gasteiger partial charge in [0.15, 0.2) is 0 Å². The van der Waals surface area contributed by atoms with E-state index in [9.17, 15) is 14.0 Å². The topological polar surface area (TPSA) is 78.7 Å². The first-order valence-electron chi connectivity index (χ1n) is 11.2. The Balaban J connectivity index is 1.80. The highest BCUT2D eigenvalue weighted by molar-refractivity contribution is 7.12. The Morgan fingerprint density at radius 1 is 1.28 bits per heavy atom. The summed E-state index contributed by atoms with van der Waals surface area (Å²) < 4.78 is 13.4. The fourth-order valence-corrected chi connectivity index (χ4v) is 4.94. The molecule has 8 heteroatoms. The molecule has 32 heavy (non-hydrogen) atoms. The van der Waals surface area contributed by atoms with Gasteiger partial charge >= 0.3 is 0 Å². The van der Waals surface area contributed by atoms with Gasteiger partial charge in [0.25, 0.3) is 5.91 Å². The molecule has 3 N–H and O–H groups in total.